The van der Waals surface area contributed by atoms with E-state index in [0.717, 1.165) is 36.3 Å². The van der Waals surface area contributed by atoms with Crippen LogP contribution in [0.1, 0.15) is 31.4 Å². The molecule has 2 amide bonds. The van der Waals surface area contributed by atoms with Crippen LogP contribution in [0.5, 0.6) is 0 Å². The Bertz CT molecular complexity index is 1190. The topological polar surface area (TPSA) is 136 Å². The highest BCUT2D eigenvalue weighted by atomic mass is 32.2. The molecule has 2 aromatic rings. The number of hydrogen-bond donors (Lipinski definition) is 4. The van der Waals surface area contributed by atoms with Gasteiger partial charge in [-0.15, -0.1) is 0 Å². The summed E-state index contributed by atoms with van der Waals surface area (Å²) in [5.74, 6) is -2.06. The third-order valence-corrected chi connectivity index (χ3v) is 7.39. The van der Waals surface area contributed by atoms with Crippen LogP contribution in [0.2, 0.25) is 0 Å². The van der Waals surface area contributed by atoms with Gasteiger partial charge in [-0.2, -0.15) is 4.31 Å². The van der Waals surface area contributed by atoms with Crippen LogP contribution in [0.15, 0.2) is 54.6 Å². The summed E-state index contributed by atoms with van der Waals surface area (Å²) in [5, 5.41) is 15.8. The van der Waals surface area contributed by atoms with Gasteiger partial charge < -0.3 is 15.7 Å². The fourth-order valence-electron chi connectivity index (χ4n) is 4.62. The molecule has 1 heterocycles. The first-order chi connectivity index (χ1) is 17.7. The molecule has 1 fully saturated rings. The molecule has 0 saturated carbocycles. The second-order valence-corrected chi connectivity index (χ2v) is 10.2. The van der Waals surface area contributed by atoms with Crippen LogP contribution in [0.25, 0.3) is 10.8 Å². The van der Waals surface area contributed by atoms with Crippen molar-refractivity contribution in [1.82, 2.24) is 19.8 Å². The van der Waals surface area contributed by atoms with Crippen molar-refractivity contribution < 1.29 is 27.9 Å². The van der Waals surface area contributed by atoms with Gasteiger partial charge in [-0.05, 0) is 55.1 Å². The zero-order valence-corrected chi connectivity index (χ0v) is 21.7. The van der Waals surface area contributed by atoms with Crippen molar-refractivity contribution >= 4 is 39.4 Å². The van der Waals surface area contributed by atoms with E-state index in [1.807, 2.05) is 12.1 Å². The molecule has 11 heteroatoms. The van der Waals surface area contributed by atoms with Gasteiger partial charge in [0.2, 0.25) is 22.7 Å². The van der Waals surface area contributed by atoms with E-state index in [4.69, 9.17) is 5.11 Å². The molecule has 1 aliphatic rings. The van der Waals surface area contributed by atoms with E-state index in [-0.39, 0.29) is 38.1 Å². The lowest BCUT2D eigenvalue weighted by Crippen LogP contribution is -2.44. The van der Waals surface area contributed by atoms with Crippen LogP contribution in [0, 0.1) is 5.92 Å². The maximum absolute atomic E-state index is 12.2. The van der Waals surface area contributed by atoms with Gasteiger partial charge in [-0.25, -0.2) is 13.2 Å². The van der Waals surface area contributed by atoms with Crippen molar-refractivity contribution in [2.75, 3.05) is 39.3 Å². The Morgan fingerprint density at radius 2 is 1.78 bits per heavy atom. The number of amides is 2. The first kappa shape index (κ1) is 28.3. The number of rotatable bonds is 12. The van der Waals surface area contributed by atoms with Gasteiger partial charge in [0, 0.05) is 25.2 Å². The second-order valence-electron chi connectivity index (χ2n) is 9.13. The number of aliphatic carboxylic acids is 1. The SMILES string of the molecule is CC(c1cccc2ccccc12)N1CCC(CN(CC(=O)NCC(=O)NC/C=C/C(=O)O)[SH](=O)=O)CC1. The van der Waals surface area contributed by atoms with E-state index in [9.17, 15) is 22.8 Å². The number of benzene rings is 2. The number of carbonyl (C=O) groups is 3. The highest BCUT2D eigenvalue weighted by Gasteiger charge is 2.27. The monoisotopic (exact) mass is 530 g/mol. The van der Waals surface area contributed by atoms with E-state index in [2.05, 4.69) is 52.8 Å². The molecular weight excluding hydrogens is 496 g/mol. The van der Waals surface area contributed by atoms with Crippen molar-refractivity contribution in [3.63, 3.8) is 0 Å². The quantitative estimate of drug-likeness (QED) is 0.240. The predicted octanol–water partition coefficient (Wildman–Crippen LogP) is 1.31. The second kappa shape index (κ2) is 13.9. The fraction of sp³-hybridized carbons (Fsp3) is 0.423. The van der Waals surface area contributed by atoms with Crippen molar-refractivity contribution in [3.8, 4) is 0 Å². The average molecular weight is 531 g/mol. The van der Waals surface area contributed by atoms with Gasteiger partial charge in [-0.3, -0.25) is 14.5 Å². The highest BCUT2D eigenvalue weighted by molar-refractivity contribution is 7.69. The standard InChI is InChI=1S/C26H34N4O6S/c1-19(22-9-4-7-21-6-2-3-8-23(21)22)29-14-11-20(12-15-29)17-30(37(35)36)18-25(32)28-16-24(31)27-13-5-10-26(33)34/h2-10,19-20,37H,11-18H2,1H3,(H,27,31)(H,28,32)(H,33,34)/b10-5+. The molecule has 0 aromatic heterocycles. The van der Waals surface area contributed by atoms with E-state index >= 15 is 0 Å². The Morgan fingerprint density at radius 3 is 2.49 bits per heavy atom. The van der Waals surface area contributed by atoms with Crippen LogP contribution in [-0.2, 0) is 25.3 Å². The minimum atomic E-state index is -2.95. The number of nitrogens with zero attached hydrogens (tertiary/aromatic N) is 2. The number of fused-ring (bicyclic) bond motifs is 1. The van der Waals surface area contributed by atoms with E-state index in [0.29, 0.717) is 0 Å². The summed E-state index contributed by atoms with van der Waals surface area (Å²) in [6.07, 6.45) is 3.81. The number of likely N-dealkylation sites (tertiary alicyclic amines) is 1. The first-order valence-corrected chi connectivity index (χ1v) is 13.4. The molecule has 0 spiro atoms. The van der Waals surface area contributed by atoms with Crippen LogP contribution < -0.4 is 10.6 Å². The molecule has 3 rings (SSSR count). The molecule has 1 saturated heterocycles. The summed E-state index contributed by atoms with van der Waals surface area (Å²) in [7, 11) is -2.95. The molecule has 1 unspecified atom stereocenters. The predicted molar refractivity (Wildman–Crippen MR) is 141 cm³/mol. The minimum Gasteiger partial charge on any atom is -0.478 e. The number of nitrogens with one attached hydrogen (secondary N) is 2. The number of hydrogen-bond acceptors (Lipinski definition) is 6. The molecular formula is C26H34N4O6S. The molecule has 0 radical (unpaired) electrons. The molecule has 10 nitrogen and oxygen atoms in total. The number of thiol groups is 1. The lowest BCUT2D eigenvalue weighted by Gasteiger charge is -2.37. The van der Waals surface area contributed by atoms with Crippen LogP contribution in [0.4, 0.5) is 0 Å². The Labute approximate surface area is 218 Å². The van der Waals surface area contributed by atoms with Crippen molar-refractivity contribution in [3.05, 3.63) is 60.2 Å². The molecule has 0 aliphatic carbocycles. The molecule has 3 N–H and O–H groups in total. The normalized spacial score (nSPS) is 15.9. The fourth-order valence-corrected chi connectivity index (χ4v) is 5.22. The Balaban J connectivity index is 1.45. The summed E-state index contributed by atoms with van der Waals surface area (Å²) in [6, 6.07) is 14.9. The maximum atomic E-state index is 12.2. The van der Waals surface area contributed by atoms with Gasteiger partial charge in [0.25, 0.3) is 0 Å². The first-order valence-electron chi connectivity index (χ1n) is 12.3. The van der Waals surface area contributed by atoms with Crippen molar-refractivity contribution in [2.24, 2.45) is 5.92 Å². The Morgan fingerprint density at radius 1 is 1.08 bits per heavy atom. The Kier molecular flexibility index (Phi) is 10.6. The Hall–Kier alpha value is -3.28. The zero-order chi connectivity index (χ0) is 26.8. The summed E-state index contributed by atoms with van der Waals surface area (Å²) in [4.78, 5) is 36.8. The molecule has 37 heavy (non-hydrogen) atoms. The van der Waals surface area contributed by atoms with Crippen LogP contribution >= 0.6 is 0 Å². The van der Waals surface area contributed by atoms with Crippen molar-refractivity contribution in [2.45, 2.75) is 25.8 Å². The molecule has 2 aromatic carbocycles. The number of carbonyl (C=O) groups excluding carboxylic acids is 2. The van der Waals surface area contributed by atoms with Crippen LogP contribution in [-0.4, -0.2) is 79.8 Å². The third-order valence-electron chi connectivity index (χ3n) is 6.62. The summed E-state index contributed by atoms with van der Waals surface area (Å²) >= 11 is 0. The summed E-state index contributed by atoms with van der Waals surface area (Å²) in [6.45, 7) is 3.46. The van der Waals surface area contributed by atoms with E-state index in [1.165, 1.54) is 22.4 Å². The van der Waals surface area contributed by atoms with Gasteiger partial charge in [0.1, 0.15) is 0 Å². The molecule has 0 bridgehead atoms. The molecule has 1 atom stereocenters. The summed E-state index contributed by atoms with van der Waals surface area (Å²) < 4.78 is 24.7. The molecule has 200 valence electrons. The van der Waals surface area contributed by atoms with Gasteiger partial charge in [0.05, 0.1) is 13.1 Å². The smallest absolute Gasteiger partial charge is 0.328 e. The van der Waals surface area contributed by atoms with E-state index < -0.39 is 28.7 Å². The van der Waals surface area contributed by atoms with Crippen LogP contribution in [0.3, 0.4) is 0 Å². The minimum absolute atomic E-state index is 0.0113. The average Bonchev–Trinajstić information content (AvgIpc) is 2.89. The largest absolute Gasteiger partial charge is 0.478 e. The maximum Gasteiger partial charge on any atom is 0.328 e. The number of piperidine rings is 1. The van der Waals surface area contributed by atoms with Gasteiger partial charge in [0.15, 0.2) is 0 Å². The zero-order valence-electron chi connectivity index (χ0n) is 20.8. The lowest BCUT2D eigenvalue weighted by atomic mass is 9.93. The van der Waals surface area contributed by atoms with E-state index in [1.54, 1.807) is 0 Å². The number of carboxylic acids is 1. The third kappa shape index (κ3) is 8.66. The highest BCUT2D eigenvalue weighted by Crippen LogP contribution is 2.31. The van der Waals surface area contributed by atoms with Crippen molar-refractivity contribution in [1.29, 1.82) is 0 Å². The summed E-state index contributed by atoms with van der Waals surface area (Å²) in [5.41, 5.74) is 1.28. The van der Waals surface area contributed by atoms with Gasteiger partial charge in [-0.1, -0.05) is 48.5 Å². The van der Waals surface area contributed by atoms with Gasteiger partial charge >= 0.3 is 5.97 Å². The molecule has 1 aliphatic heterocycles. The number of carboxylic acid groups (broad SMARTS) is 1. The lowest BCUT2D eigenvalue weighted by molar-refractivity contribution is -0.131.